The number of imidazole rings is 1. The summed E-state index contributed by atoms with van der Waals surface area (Å²) in [6.07, 6.45) is 2.18. The van der Waals surface area contributed by atoms with E-state index in [1.54, 1.807) is 6.92 Å². The van der Waals surface area contributed by atoms with Crippen molar-refractivity contribution in [2.75, 3.05) is 0 Å². The predicted molar refractivity (Wildman–Crippen MR) is 64.3 cm³/mol. The highest BCUT2D eigenvalue weighted by atomic mass is 16.2. The molecule has 2 atom stereocenters. The highest BCUT2D eigenvalue weighted by Crippen LogP contribution is 2.13. The van der Waals surface area contributed by atoms with Crippen molar-refractivity contribution in [1.29, 1.82) is 10.5 Å². The highest BCUT2D eigenvalue weighted by molar-refractivity contribution is 5.80. The molecule has 2 unspecified atom stereocenters. The number of carbonyl (C=O) groups is 1. The summed E-state index contributed by atoms with van der Waals surface area (Å²) in [6.45, 7) is 5.55. The van der Waals surface area contributed by atoms with E-state index in [9.17, 15) is 4.79 Å². The normalized spacial score (nSPS) is 13.2. The molecule has 6 heteroatoms. The topological polar surface area (TPSA) is 94.5 Å². The maximum Gasteiger partial charge on any atom is 0.243 e. The zero-order valence-corrected chi connectivity index (χ0v) is 10.6. The van der Waals surface area contributed by atoms with Crippen LogP contribution in [0.2, 0.25) is 0 Å². The molecule has 1 N–H and O–H groups in total. The Morgan fingerprint density at radius 1 is 1.50 bits per heavy atom. The molecule has 1 aromatic rings. The van der Waals surface area contributed by atoms with Crippen LogP contribution in [0.4, 0.5) is 0 Å². The minimum atomic E-state index is -0.566. The Kier molecular flexibility index (Phi) is 4.45. The van der Waals surface area contributed by atoms with Crippen LogP contribution in [0.1, 0.15) is 44.6 Å². The van der Waals surface area contributed by atoms with E-state index in [1.807, 2.05) is 26.0 Å². The van der Waals surface area contributed by atoms with E-state index in [1.165, 1.54) is 10.9 Å². The van der Waals surface area contributed by atoms with Crippen LogP contribution in [0.3, 0.4) is 0 Å². The molecule has 94 valence electrons. The van der Waals surface area contributed by atoms with Gasteiger partial charge in [0.1, 0.15) is 18.2 Å². The molecular weight excluding hydrogens is 230 g/mol. The molecule has 18 heavy (non-hydrogen) atoms. The van der Waals surface area contributed by atoms with Crippen LogP contribution in [0.15, 0.2) is 6.33 Å². The Morgan fingerprint density at radius 3 is 2.67 bits per heavy atom. The summed E-state index contributed by atoms with van der Waals surface area (Å²) >= 11 is 0. The summed E-state index contributed by atoms with van der Waals surface area (Å²) in [5.41, 5.74) is 0.157. The highest BCUT2D eigenvalue weighted by Gasteiger charge is 2.21. The van der Waals surface area contributed by atoms with E-state index in [-0.39, 0.29) is 23.3 Å². The van der Waals surface area contributed by atoms with Crippen molar-refractivity contribution < 1.29 is 4.79 Å². The quantitative estimate of drug-likeness (QED) is 0.859. The van der Waals surface area contributed by atoms with Gasteiger partial charge in [-0.3, -0.25) is 4.79 Å². The predicted octanol–water partition coefficient (Wildman–Crippen LogP) is 1.10. The number of hydrogen-bond donors (Lipinski definition) is 1. The third kappa shape index (κ3) is 2.67. The van der Waals surface area contributed by atoms with Gasteiger partial charge in [0.15, 0.2) is 11.4 Å². The Morgan fingerprint density at radius 2 is 2.17 bits per heavy atom. The van der Waals surface area contributed by atoms with E-state index in [2.05, 4.69) is 10.3 Å². The van der Waals surface area contributed by atoms with Gasteiger partial charge in [0, 0.05) is 6.04 Å². The van der Waals surface area contributed by atoms with Gasteiger partial charge in [0.25, 0.3) is 0 Å². The molecule has 0 radical (unpaired) electrons. The fourth-order valence-electron chi connectivity index (χ4n) is 1.44. The first kappa shape index (κ1) is 13.7. The van der Waals surface area contributed by atoms with Gasteiger partial charge in [0.05, 0.1) is 6.33 Å². The fraction of sp³-hybridized carbons (Fsp3) is 0.500. The lowest BCUT2D eigenvalue weighted by Gasteiger charge is -2.17. The van der Waals surface area contributed by atoms with Gasteiger partial charge >= 0.3 is 0 Å². The van der Waals surface area contributed by atoms with Crippen molar-refractivity contribution in [2.24, 2.45) is 0 Å². The molecule has 1 rings (SSSR count). The van der Waals surface area contributed by atoms with Crippen LogP contribution in [0.25, 0.3) is 0 Å². The number of rotatable bonds is 4. The van der Waals surface area contributed by atoms with Crippen molar-refractivity contribution in [3.05, 3.63) is 17.7 Å². The van der Waals surface area contributed by atoms with Crippen LogP contribution in [-0.4, -0.2) is 21.5 Å². The Hall–Kier alpha value is -2.34. The van der Waals surface area contributed by atoms with Gasteiger partial charge in [-0.05, 0) is 20.3 Å². The van der Waals surface area contributed by atoms with Crippen LogP contribution in [0, 0.1) is 22.7 Å². The van der Waals surface area contributed by atoms with Crippen LogP contribution in [0.5, 0.6) is 0 Å². The second-order valence-electron chi connectivity index (χ2n) is 4.07. The molecule has 0 saturated heterocycles. The first-order valence-corrected chi connectivity index (χ1v) is 5.72. The zero-order valence-electron chi connectivity index (χ0n) is 10.6. The van der Waals surface area contributed by atoms with E-state index < -0.39 is 6.04 Å². The lowest BCUT2D eigenvalue weighted by Crippen LogP contribution is -2.37. The molecule has 0 bridgehead atoms. The number of nitriles is 2. The van der Waals surface area contributed by atoms with Gasteiger partial charge in [-0.2, -0.15) is 10.5 Å². The number of nitrogens with one attached hydrogen (secondary N) is 1. The third-order valence-corrected chi connectivity index (χ3v) is 2.80. The van der Waals surface area contributed by atoms with Crippen molar-refractivity contribution in [1.82, 2.24) is 14.9 Å². The zero-order chi connectivity index (χ0) is 13.7. The molecule has 1 aromatic heterocycles. The third-order valence-electron chi connectivity index (χ3n) is 2.80. The fourth-order valence-corrected chi connectivity index (χ4v) is 1.44. The van der Waals surface area contributed by atoms with Crippen LogP contribution in [-0.2, 0) is 4.79 Å². The molecule has 0 saturated carbocycles. The number of carbonyl (C=O) groups excluding carboxylic acids is 1. The van der Waals surface area contributed by atoms with Crippen LogP contribution < -0.4 is 5.32 Å². The molecule has 0 spiro atoms. The average molecular weight is 245 g/mol. The molecule has 1 amide bonds. The van der Waals surface area contributed by atoms with Crippen molar-refractivity contribution in [3.8, 4) is 12.1 Å². The summed E-state index contributed by atoms with van der Waals surface area (Å²) in [5.74, 6) is -0.192. The monoisotopic (exact) mass is 245 g/mol. The first-order valence-electron chi connectivity index (χ1n) is 5.72. The van der Waals surface area contributed by atoms with Crippen molar-refractivity contribution >= 4 is 5.91 Å². The minimum Gasteiger partial charge on any atom is -0.352 e. The minimum absolute atomic E-state index is 0.0423. The number of hydrogen-bond acceptors (Lipinski definition) is 4. The Labute approximate surface area is 106 Å². The lowest BCUT2D eigenvalue weighted by atomic mass is 10.2. The van der Waals surface area contributed by atoms with E-state index in [0.29, 0.717) is 0 Å². The molecule has 0 fully saturated rings. The molecule has 0 aliphatic rings. The molecule has 6 nitrogen and oxygen atoms in total. The summed E-state index contributed by atoms with van der Waals surface area (Å²) in [6, 6.07) is 3.23. The van der Waals surface area contributed by atoms with E-state index >= 15 is 0 Å². The second kappa shape index (κ2) is 5.83. The van der Waals surface area contributed by atoms with Gasteiger partial charge in [-0.15, -0.1) is 0 Å². The Bertz CT molecular complexity index is 520. The summed E-state index contributed by atoms with van der Waals surface area (Å²) in [5, 5.41) is 20.6. The van der Waals surface area contributed by atoms with Crippen LogP contribution >= 0.6 is 0 Å². The molecular formula is C12H15N5O. The standard InChI is InChI=1S/C12H15N5O/c1-4-8(2)16-12(18)9(3)17-7-15-10(5-13)11(17)6-14/h7-9H,4H2,1-3H3,(H,16,18). The number of amides is 1. The maximum absolute atomic E-state index is 11.9. The van der Waals surface area contributed by atoms with E-state index in [0.717, 1.165) is 6.42 Å². The number of nitrogens with zero attached hydrogens (tertiary/aromatic N) is 4. The lowest BCUT2D eigenvalue weighted by molar-refractivity contribution is -0.124. The van der Waals surface area contributed by atoms with Gasteiger partial charge in [-0.1, -0.05) is 6.92 Å². The largest absolute Gasteiger partial charge is 0.352 e. The molecule has 0 aliphatic heterocycles. The molecule has 0 aromatic carbocycles. The van der Waals surface area contributed by atoms with Crippen molar-refractivity contribution in [3.63, 3.8) is 0 Å². The SMILES string of the molecule is CCC(C)NC(=O)C(C)n1cnc(C#N)c1C#N. The van der Waals surface area contributed by atoms with Gasteiger partial charge < -0.3 is 9.88 Å². The van der Waals surface area contributed by atoms with E-state index in [4.69, 9.17) is 10.5 Å². The number of aromatic nitrogens is 2. The summed E-state index contributed by atoms with van der Waals surface area (Å²) in [7, 11) is 0. The average Bonchev–Trinajstić information content (AvgIpc) is 2.79. The van der Waals surface area contributed by atoms with Crippen molar-refractivity contribution in [2.45, 2.75) is 39.3 Å². The maximum atomic E-state index is 11.9. The smallest absolute Gasteiger partial charge is 0.243 e. The summed E-state index contributed by atoms with van der Waals surface area (Å²) < 4.78 is 1.41. The second-order valence-corrected chi connectivity index (χ2v) is 4.07. The van der Waals surface area contributed by atoms with Gasteiger partial charge in [0.2, 0.25) is 5.91 Å². The Balaban J connectivity index is 2.95. The summed E-state index contributed by atoms with van der Waals surface area (Å²) in [4.78, 5) is 15.7. The first-order chi connectivity index (χ1) is 8.54. The molecule has 0 aliphatic carbocycles. The van der Waals surface area contributed by atoms with Gasteiger partial charge in [-0.25, -0.2) is 4.98 Å². The molecule has 1 heterocycles.